The Labute approximate surface area is 177 Å². The van der Waals surface area contributed by atoms with Gasteiger partial charge < -0.3 is 10.1 Å². The summed E-state index contributed by atoms with van der Waals surface area (Å²) >= 11 is 0. The van der Waals surface area contributed by atoms with Crippen LogP contribution in [0.5, 0.6) is 0 Å². The van der Waals surface area contributed by atoms with Crippen molar-refractivity contribution >= 4 is 23.3 Å². The van der Waals surface area contributed by atoms with E-state index in [1.807, 2.05) is 68.4 Å². The first-order valence-corrected chi connectivity index (χ1v) is 10.2. The van der Waals surface area contributed by atoms with Gasteiger partial charge in [0, 0.05) is 11.8 Å². The molecule has 158 valence electrons. The smallest absolute Gasteiger partial charge is 0.328 e. The maximum absolute atomic E-state index is 12.8. The van der Waals surface area contributed by atoms with Crippen molar-refractivity contribution < 1.29 is 14.3 Å². The molecule has 2 aromatic carbocycles. The summed E-state index contributed by atoms with van der Waals surface area (Å²) in [6.45, 7) is 8.42. The molecule has 1 fully saturated rings. The van der Waals surface area contributed by atoms with Crippen LogP contribution >= 0.6 is 0 Å². The summed E-state index contributed by atoms with van der Waals surface area (Å²) < 4.78 is 4.94. The second kappa shape index (κ2) is 8.78. The fourth-order valence-electron chi connectivity index (χ4n) is 3.86. The van der Waals surface area contributed by atoms with Crippen LogP contribution in [0.3, 0.4) is 0 Å². The normalized spacial score (nSPS) is 17.2. The van der Waals surface area contributed by atoms with E-state index in [0.29, 0.717) is 19.4 Å². The molecule has 1 amide bonds. The molecule has 0 spiro atoms. The number of carbonyl (C=O) groups is 2. The zero-order valence-corrected chi connectivity index (χ0v) is 18.0. The standard InChI is InChI=1S/C24H29N3O3/c1-23(2,16-24(3,4)22(29)25-20-14-15-30-21(20)28)17-10-12-19(13-11-17)27-26-18-8-6-5-7-9-18/h5-13,20H,14-16H2,1-4H3,(H,25,29)/b27-26+/t20-/m0/s1. The number of cyclic esters (lactones) is 1. The van der Waals surface area contributed by atoms with Gasteiger partial charge in [-0.05, 0) is 41.7 Å². The van der Waals surface area contributed by atoms with Gasteiger partial charge in [0.15, 0.2) is 0 Å². The molecule has 0 aromatic heterocycles. The van der Waals surface area contributed by atoms with E-state index in [9.17, 15) is 9.59 Å². The highest BCUT2D eigenvalue weighted by Crippen LogP contribution is 2.37. The summed E-state index contributed by atoms with van der Waals surface area (Å²) in [5.74, 6) is -0.480. The molecule has 1 aliphatic rings. The van der Waals surface area contributed by atoms with E-state index in [4.69, 9.17) is 4.74 Å². The van der Waals surface area contributed by atoms with Gasteiger partial charge in [0.1, 0.15) is 6.04 Å². The Morgan fingerprint density at radius 2 is 1.60 bits per heavy atom. The first kappa shape index (κ1) is 21.7. The zero-order chi connectivity index (χ0) is 21.8. The number of benzene rings is 2. The number of azo groups is 1. The van der Waals surface area contributed by atoms with E-state index in [0.717, 1.165) is 16.9 Å². The number of ether oxygens (including phenoxy) is 1. The number of nitrogens with zero attached hydrogens (tertiary/aromatic N) is 2. The van der Waals surface area contributed by atoms with Crippen LogP contribution in [-0.2, 0) is 19.7 Å². The predicted molar refractivity (Wildman–Crippen MR) is 116 cm³/mol. The molecule has 3 rings (SSSR count). The average Bonchev–Trinajstić information content (AvgIpc) is 3.11. The van der Waals surface area contributed by atoms with Gasteiger partial charge in [-0.25, -0.2) is 4.79 Å². The van der Waals surface area contributed by atoms with Crippen LogP contribution in [0.4, 0.5) is 11.4 Å². The zero-order valence-electron chi connectivity index (χ0n) is 18.0. The summed E-state index contributed by atoms with van der Waals surface area (Å²) in [5.41, 5.74) is 1.81. The molecule has 1 N–H and O–H groups in total. The topological polar surface area (TPSA) is 80.1 Å². The highest BCUT2D eigenvalue weighted by molar-refractivity contribution is 5.88. The molecule has 1 aliphatic heterocycles. The Hall–Kier alpha value is -3.02. The van der Waals surface area contributed by atoms with Crippen LogP contribution in [0.15, 0.2) is 64.8 Å². The van der Waals surface area contributed by atoms with Crippen LogP contribution in [0.1, 0.15) is 46.1 Å². The number of rotatable bonds is 7. The highest BCUT2D eigenvalue weighted by Gasteiger charge is 2.38. The molecule has 6 nitrogen and oxygen atoms in total. The summed E-state index contributed by atoms with van der Waals surface area (Å²) in [5, 5.41) is 11.4. The van der Waals surface area contributed by atoms with Gasteiger partial charge in [-0.15, -0.1) is 0 Å². The summed E-state index contributed by atoms with van der Waals surface area (Å²) in [7, 11) is 0. The Morgan fingerprint density at radius 3 is 2.17 bits per heavy atom. The van der Waals surface area contributed by atoms with Gasteiger partial charge in [-0.3, -0.25) is 4.79 Å². The van der Waals surface area contributed by atoms with Crippen molar-refractivity contribution in [1.29, 1.82) is 0 Å². The molecule has 1 heterocycles. The molecule has 0 unspecified atom stereocenters. The van der Waals surface area contributed by atoms with Gasteiger partial charge in [0.25, 0.3) is 0 Å². The maximum atomic E-state index is 12.8. The summed E-state index contributed by atoms with van der Waals surface area (Å²) in [4.78, 5) is 24.5. The molecule has 30 heavy (non-hydrogen) atoms. The van der Waals surface area contributed by atoms with Crippen LogP contribution in [0.2, 0.25) is 0 Å². The Bertz CT molecular complexity index is 918. The van der Waals surface area contributed by atoms with Crippen molar-refractivity contribution in [3.05, 3.63) is 60.2 Å². The largest absolute Gasteiger partial charge is 0.464 e. The minimum absolute atomic E-state index is 0.132. The molecule has 2 aromatic rings. The molecule has 0 aliphatic carbocycles. The van der Waals surface area contributed by atoms with E-state index in [1.54, 1.807) is 0 Å². The molecule has 6 heteroatoms. The van der Waals surface area contributed by atoms with Crippen molar-refractivity contribution in [2.75, 3.05) is 6.61 Å². The van der Waals surface area contributed by atoms with E-state index >= 15 is 0 Å². The van der Waals surface area contributed by atoms with Crippen LogP contribution < -0.4 is 5.32 Å². The molecule has 1 saturated heterocycles. The fourth-order valence-corrected chi connectivity index (χ4v) is 3.86. The summed E-state index contributed by atoms with van der Waals surface area (Å²) in [6, 6.07) is 17.0. The fraction of sp³-hybridized carbons (Fsp3) is 0.417. The van der Waals surface area contributed by atoms with Gasteiger partial charge in [-0.1, -0.05) is 58.0 Å². The lowest BCUT2D eigenvalue weighted by atomic mass is 9.71. The van der Waals surface area contributed by atoms with Gasteiger partial charge in [-0.2, -0.15) is 10.2 Å². The van der Waals surface area contributed by atoms with Crippen molar-refractivity contribution in [3.8, 4) is 0 Å². The Balaban J connectivity index is 1.65. The lowest BCUT2D eigenvalue weighted by Crippen LogP contribution is -2.46. The molecule has 0 bridgehead atoms. The van der Waals surface area contributed by atoms with E-state index < -0.39 is 11.5 Å². The lowest BCUT2D eigenvalue weighted by Gasteiger charge is -2.35. The number of amides is 1. The molecular formula is C24H29N3O3. The molecule has 0 saturated carbocycles. The minimum atomic E-state index is -0.641. The first-order valence-electron chi connectivity index (χ1n) is 10.2. The minimum Gasteiger partial charge on any atom is -0.464 e. The maximum Gasteiger partial charge on any atom is 0.328 e. The SMILES string of the molecule is CC(C)(CC(C)(C)c1ccc(/N=N/c2ccccc2)cc1)C(=O)N[C@H]1CCOC1=O. The van der Waals surface area contributed by atoms with E-state index in [-0.39, 0.29) is 17.3 Å². The highest BCUT2D eigenvalue weighted by atomic mass is 16.5. The molecule has 0 radical (unpaired) electrons. The number of carbonyl (C=O) groups excluding carboxylic acids is 2. The van der Waals surface area contributed by atoms with Crippen LogP contribution in [-0.4, -0.2) is 24.5 Å². The molecule has 1 atom stereocenters. The van der Waals surface area contributed by atoms with Gasteiger partial charge >= 0.3 is 5.97 Å². The second-order valence-electron chi connectivity index (χ2n) is 9.01. The number of hydrogen-bond acceptors (Lipinski definition) is 5. The average molecular weight is 408 g/mol. The second-order valence-corrected chi connectivity index (χ2v) is 9.01. The quantitative estimate of drug-likeness (QED) is 0.504. The van der Waals surface area contributed by atoms with Crippen LogP contribution in [0.25, 0.3) is 0 Å². The lowest BCUT2D eigenvalue weighted by molar-refractivity contribution is -0.142. The van der Waals surface area contributed by atoms with E-state index in [2.05, 4.69) is 29.4 Å². The summed E-state index contributed by atoms with van der Waals surface area (Å²) in [6.07, 6.45) is 1.15. The van der Waals surface area contributed by atoms with E-state index in [1.165, 1.54) is 0 Å². The molecular weight excluding hydrogens is 378 g/mol. The Kier molecular flexibility index (Phi) is 6.34. The van der Waals surface area contributed by atoms with Crippen molar-refractivity contribution in [2.24, 2.45) is 15.6 Å². The van der Waals surface area contributed by atoms with Gasteiger partial charge in [0.05, 0.1) is 18.0 Å². The number of esters is 1. The third kappa shape index (κ3) is 5.32. The third-order valence-electron chi connectivity index (χ3n) is 5.43. The monoisotopic (exact) mass is 407 g/mol. The van der Waals surface area contributed by atoms with Crippen molar-refractivity contribution in [3.63, 3.8) is 0 Å². The third-order valence-corrected chi connectivity index (χ3v) is 5.43. The van der Waals surface area contributed by atoms with Crippen molar-refractivity contribution in [2.45, 2.75) is 52.0 Å². The Morgan fingerprint density at radius 1 is 1.00 bits per heavy atom. The predicted octanol–water partition coefficient (Wildman–Crippen LogP) is 5.23. The van der Waals surface area contributed by atoms with Crippen molar-refractivity contribution in [1.82, 2.24) is 5.32 Å². The first-order chi connectivity index (χ1) is 14.2. The number of nitrogens with one attached hydrogen (secondary N) is 1. The number of hydrogen-bond donors (Lipinski definition) is 1. The van der Waals surface area contributed by atoms with Crippen LogP contribution in [0, 0.1) is 5.41 Å². The van der Waals surface area contributed by atoms with Gasteiger partial charge in [0.2, 0.25) is 5.91 Å².